The number of nitro groups is 1. The molecular formula is C21H15N3O4S. The number of amides is 1. The van der Waals surface area contributed by atoms with E-state index in [0.717, 1.165) is 23.0 Å². The standard InChI is InChI=1S/C21H15N3O4S/c1-13-6-8-14(9-7-13)22-20-19(29-21(25)23-20)12-15-10-11-18(28-15)16-4-2-3-5-17(16)24(26)27/h2-12H,1H3,(H,22,23,25). The fourth-order valence-corrected chi connectivity index (χ4v) is 3.52. The van der Waals surface area contributed by atoms with Crippen molar-refractivity contribution in [1.29, 1.82) is 0 Å². The van der Waals surface area contributed by atoms with Gasteiger partial charge in [-0.3, -0.25) is 14.9 Å². The van der Waals surface area contributed by atoms with Crippen LogP contribution in [0.1, 0.15) is 11.3 Å². The minimum absolute atomic E-state index is 0.0326. The van der Waals surface area contributed by atoms with Crippen LogP contribution in [-0.4, -0.2) is 16.0 Å². The van der Waals surface area contributed by atoms with Gasteiger partial charge in [-0.15, -0.1) is 0 Å². The lowest BCUT2D eigenvalue weighted by Gasteiger charge is -2.00. The molecule has 1 saturated heterocycles. The first-order valence-electron chi connectivity index (χ1n) is 8.69. The Morgan fingerprint density at radius 2 is 1.86 bits per heavy atom. The molecule has 0 saturated carbocycles. The number of nitrogens with zero attached hydrogens (tertiary/aromatic N) is 2. The third-order valence-electron chi connectivity index (χ3n) is 4.20. The quantitative estimate of drug-likeness (QED) is 0.444. The molecule has 1 aliphatic rings. The first-order valence-corrected chi connectivity index (χ1v) is 9.51. The van der Waals surface area contributed by atoms with Crippen molar-refractivity contribution in [3.8, 4) is 11.3 Å². The Morgan fingerprint density at radius 1 is 1.10 bits per heavy atom. The van der Waals surface area contributed by atoms with Crippen LogP contribution in [0.15, 0.2) is 75.0 Å². The Morgan fingerprint density at radius 3 is 2.62 bits per heavy atom. The Bertz CT molecular complexity index is 1160. The van der Waals surface area contributed by atoms with Gasteiger partial charge >= 0.3 is 0 Å². The Balaban J connectivity index is 1.66. The topological polar surface area (TPSA) is 97.7 Å². The number of aryl methyl sites for hydroxylation is 1. The SMILES string of the molecule is Cc1ccc(N=C2NC(=O)SC2=Cc2ccc(-c3ccccc3[N+](=O)[O-])o2)cc1. The van der Waals surface area contributed by atoms with Gasteiger partial charge in [-0.2, -0.15) is 0 Å². The second kappa shape index (κ2) is 7.76. The lowest BCUT2D eigenvalue weighted by atomic mass is 10.1. The minimum atomic E-state index is -0.447. The maximum atomic E-state index is 11.9. The molecule has 1 aliphatic heterocycles. The molecule has 7 nitrogen and oxygen atoms in total. The lowest BCUT2D eigenvalue weighted by molar-refractivity contribution is -0.384. The minimum Gasteiger partial charge on any atom is -0.456 e. The number of amidine groups is 1. The van der Waals surface area contributed by atoms with E-state index in [0.29, 0.717) is 27.8 Å². The molecule has 0 bridgehead atoms. The van der Waals surface area contributed by atoms with Crippen molar-refractivity contribution in [1.82, 2.24) is 5.32 Å². The maximum Gasteiger partial charge on any atom is 0.289 e. The van der Waals surface area contributed by atoms with E-state index in [1.54, 1.807) is 36.4 Å². The second-order valence-corrected chi connectivity index (χ2v) is 7.31. The van der Waals surface area contributed by atoms with Crippen LogP contribution in [0.2, 0.25) is 0 Å². The summed E-state index contributed by atoms with van der Waals surface area (Å²) in [6, 6.07) is 17.4. The number of hydrogen-bond acceptors (Lipinski definition) is 6. The third kappa shape index (κ3) is 4.12. The first kappa shape index (κ1) is 18.7. The second-order valence-electron chi connectivity index (χ2n) is 6.30. The summed E-state index contributed by atoms with van der Waals surface area (Å²) in [5.74, 6) is 1.28. The largest absolute Gasteiger partial charge is 0.456 e. The smallest absolute Gasteiger partial charge is 0.289 e. The van der Waals surface area contributed by atoms with Crippen LogP contribution >= 0.6 is 11.8 Å². The van der Waals surface area contributed by atoms with Crippen LogP contribution in [0, 0.1) is 17.0 Å². The normalized spacial score (nSPS) is 16.4. The molecule has 0 spiro atoms. The fourth-order valence-electron chi connectivity index (χ4n) is 2.81. The van der Waals surface area contributed by atoms with E-state index in [-0.39, 0.29) is 10.9 Å². The number of nitrogens with one attached hydrogen (secondary N) is 1. The number of rotatable bonds is 4. The number of furan rings is 1. The highest BCUT2D eigenvalue weighted by atomic mass is 32.2. The summed E-state index contributed by atoms with van der Waals surface area (Å²) in [5, 5.41) is 13.7. The van der Waals surface area contributed by atoms with Crippen molar-refractivity contribution in [3.63, 3.8) is 0 Å². The lowest BCUT2D eigenvalue weighted by Crippen LogP contribution is -2.18. The summed E-state index contributed by atoms with van der Waals surface area (Å²) in [4.78, 5) is 27.8. The molecule has 0 unspecified atom stereocenters. The van der Waals surface area contributed by atoms with Gasteiger partial charge in [0.1, 0.15) is 17.4 Å². The number of carbonyl (C=O) groups is 1. The molecule has 8 heteroatoms. The molecule has 4 rings (SSSR count). The van der Waals surface area contributed by atoms with Crippen LogP contribution in [0.25, 0.3) is 17.4 Å². The third-order valence-corrected chi connectivity index (χ3v) is 5.02. The van der Waals surface area contributed by atoms with Gasteiger partial charge in [-0.1, -0.05) is 29.8 Å². The van der Waals surface area contributed by atoms with Crippen LogP contribution in [0.3, 0.4) is 0 Å². The highest BCUT2D eigenvalue weighted by molar-refractivity contribution is 8.18. The molecule has 144 valence electrons. The number of nitro benzene ring substituents is 1. The number of thioether (sulfide) groups is 1. The number of carbonyl (C=O) groups excluding carboxylic acids is 1. The molecule has 1 aromatic heterocycles. The van der Waals surface area contributed by atoms with E-state index < -0.39 is 4.92 Å². The van der Waals surface area contributed by atoms with E-state index in [9.17, 15) is 14.9 Å². The average Bonchev–Trinajstić information content (AvgIpc) is 3.30. The van der Waals surface area contributed by atoms with E-state index >= 15 is 0 Å². The molecule has 0 atom stereocenters. The fraction of sp³-hybridized carbons (Fsp3) is 0.0476. The zero-order valence-electron chi connectivity index (χ0n) is 15.3. The van der Waals surface area contributed by atoms with Crippen LogP contribution in [0.5, 0.6) is 0 Å². The van der Waals surface area contributed by atoms with E-state index in [1.165, 1.54) is 6.07 Å². The summed E-state index contributed by atoms with van der Waals surface area (Å²) in [6.45, 7) is 1.99. The van der Waals surface area contributed by atoms with Crippen molar-refractivity contribution in [2.45, 2.75) is 6.92 Å². The van der Waals surface area contributed by atoms with Crippen molar-refractivity contribution in [2.75, 3.05) is 0 Å². The highest BCUT2D eigenvalue weighted by Crippen LogP contribution is 2.33. The number of hydrogen-bond donors (Lipinski definition) is 1. The van der Waals surface area contributed by atoms with Gasteiger partial charge in [0.2, 0.25) is 0 Å². The monoisotopic (exact) mass is 405 g/mol. The van der Waals surface area contributed by atoms with Gasteiger partial charge in [0.25, 0.3) is 10.9 Å². The molecule has 2 heterocycles. The zero-order chi connectivity index (χ0) is 20.4. The van der Waals surface area contributed by atoms with Crippen LogP contribution < -0.4 is 5.32 Å². The first-order chi connectivity index (χ1) is 14.0. The number of aliphatic imine (C=N–C) groups is 1. The van der Waals surface area contributed by atoms with Crippen molar-refractivity contribution in [3.05, 3.63) is 87.0 Å². The van der Waals surface area contributed by atoms with Gasteiger partial charge in [-0.05, 0) is 55.1 Å². The predicted molar refractivity (Wildman–Crippen MR) is 113 cm³/mol. The maximum absolute atomic E-state index is 11.9. The number of para-hydroxylation sites is 1. The Hall–Kier alpha value is -3.65. The van der Waals surface area contributed by atoms with Crippen molar-refractivity contribution >= 4 is 40.3 Å². The average molecular weight is 405 g/mol. The van der Waals surface area contributed by atoms with Gasteiger partial charge in [0.15, 0.2) is 0 Å². The Labute approximate surface area is 170 Å². The molecular weight excluding hydrogens is 390 g/mol. The van der Waals surface area contributed by atoms with Gasteiger partial charge < -0.3 is 9.73 Å². The van der Waals surface area contributed by atoms with Crippen molar-refractivity contribution in [2.24, 2.45) is 4.99 Å². The highest BCUT2D eigenvalue weighted by Gasteiger charge is 2.24. The molecule has 1 N–H and O–H groups in total. The number of benzene rings is 2. The van der Waals surface area contributed by atoms with E-state index in [2.05, 4.69) is 10.3 Å². The molecule has 29 heavy (non-hydrogen) atoms. The van der Waals surface area contributed by atoms with Gasteiger partial charge in [0.05, 0.1) is 21.1 Å². The van der Waals surface area contributed by atoms with Gasteiger partial charge in [-0.25, -0.2) is 4.99 Å². The molecule has 1 amide bonds. The van der Waals surface area contributed by atoms with E-state index in [1.807, 2.05) is 31.2 Å². The summed E-state index contributed by atoms with van der Waals surface area (Å²) >= 11 is 1.02. The zero-order valence-corrected chi connectivity index (χ0v) is 16.1. The summed E-state index contributed by atoms with van der Waals surface area (Å²) in [7, 11) is 0. The van der Waals surface area contributed by atoms with Crippen molar-refractivity contribution < 1.29 is 14.1 Å². The molecule has 2 aromatic carbocycles. The predicted octanol–water partition coefficient (Wildman–Crippen LogP) is 5.69. The molecule has 0 radical (unpaired) electrons. The van der Waals surface area contributed by atoms with E-state index in [4.69, 9.17) is 4.42 Å². The molecule has 3 aromatic rings. The van der Waals surface area contributed by atoms with Gasteiger partial charge in [0, 0.05) is 6.07 Å². The van der Waals surface area contributed by atoms with Crippen LogP contribution in [0.4, 0.5) is 16.2 Å². The Kier molecular flexibility index (Phi) is 5.01. The summed E-state index contributed by atoms with van der Waals surface area (Å²) < 4.78 is 5.78. The molecule has 1 fully saturated rings. The van der Waals surface area contributed by atoms with Crippen LogP contribution in [-0.2, 0) is 0 Å². The molecule has 0 aliphatic carbocycles. The summed E-state index contributed by atoms with van der Waals surface area (Å²) in [6.07, 6.45) is 1.69. The summed E-state index contributed by atoms with van der Waals surface area (Å²) in [5.41, 5.74) is 2.20.